The molecule has 0 fully saturated rings. The number of aliphatic hydroxyl groups excluding tert-OH is 1. The Balaban J connectivity index is 2.98. The first-order chi connectivity index (χ1) is 9.30. The van der Waals surface area contributed by atoms with Crippen LogP contribution in [0.15, 0.2) is 18.2 Å². The van der Waals surface area contributed by atoms with Gasteiger partial charge in [0.25, 0.3) is 5.69 Å². The van der Waals surface area contributed by atoms with E-state index in [4.69, 9.17) is 0 Å². The SMILES string of the molecule is CN(C)S(=O)(=O)n1c(CO)nc2cccc([N+](=O)[O-])c21. The third kappa shape index (κ3) is 2.03. The van der Waals surface area contributed by atoms with Crippen LogP contribution in [-0.2, 0) is 16.8 Å². The highest BCUT2D eigenvalue weighted by Gasteiger charge is 2.28. The zero-order valence-corrected chi connectivity index (χ0v) is 11.5. The first-order valence-corrected chi connectivity index (χ1v) is 6.89. The zero-order valence-electron chi connectivity index (χ0n) is 10.7. The molecule has 2 rings (SSSR count). The quantitative estimate of drug-likeness (QED) is 0.631. The smallest absolute Gasteiger partial charge is 0.309 e. The van der Waals surface area contributed by atoms with Crippen molar-refractivity contribution in [3.8, 4) is 0 Å². The van der Waals surface area contributed by atoms with Crippen molar-refractivity contribution in [2.24, 2.45) is 0 Å². The van der Waals surface area contributed by atoms with E-state index in [1.54, 1.807) is 0 Å². The molecule has 9 nitrogen and oxygen atoms in total. The van der Waals surface area contributed by atoms with Crippen LogP contribution in [0, 0.1) is 10.1 Å². The molecule has 1 aromatic heterocycles. The second-order valence-corrected chi connectivity index (χ2v) is 6.13. The number of aliphatic hydroxyl groups is 1. The summed E-state index contributed by atoms with van der Waals surface area (Å²) in [7, 11) is -1.46. The molecule has 0 saturated carbocycles. The van der Waals surface area contributed by atoms with E-state index >= 15 is 0 Å². The molecule has 0 aliphatic rings. The summed E-state index contributed by atoms with van der Waals surface area (Å²) in [6.07, 6.45) is 0. The van der Waals surface area contributed by atoms with Crippen LogP contribution in [0.5, 0.6) is 0 Å². The third-order valence-electron chi connectivity index (χ3n) is 2.71. The minimum absolute atomic E-state index is 0.133. The predicted octanol–water partition coefficient (Wildman–Crippen LogP) is 0.0913. The van der Waals surface area contributed by atoms with E-state index in [2.05, 4.69) is 4.98 Å². The van der Waals surface area contributed by atoms with Gasteiger partial charge < -0.3 is 5.11 Å². The maximum absolute atomic E-state index is 12.3. The van der Waals surface area contributed by atoms with Gasteiger partial charge in [-0.25, -0.2) is 8.96 Å². The van der Waals surface area contributed by atoms with Gasteiger partial charge in [0.05, 0.1) is 10.4 Å². The molecule has 20 heavy (non-hydrogen) atoms. The van der Waals surface area contributed by atoms with E-state index in [9.17, 15) is 23.6 Å². The number of nitrogens with zero attached hydrogens (tertiary/aromatic N) is 4. The van der Waals surface area contributed by atoms with E-state index in [0.29, 0.717) is 3.97 Å². The number of imidazole rings is 1. The molecule has 108 valence electrons. The number of hydrogen-bond acceptors (Lipinski definition) is 6. The average Bonchev–Trinajstić information content (AvgIpc) is 2.76. The summed E-state index contributed by atoms with van der Waals surface area (Å²) >= 11 is 0. The highest BCUT2D eigenvalue weighted by Crippen LogP contribution is 2.28. The highest BCUT2D eigenvalue weighted by atomic mass is 32.2. The fraction of sp³-hybridized carbons (Fsp3) is 0.300. The minimum atomic E-state index is -4.04. The Hall–Kier alpha value is -2.04. The maximum atomic E-state index is 12.3. The Kier molecular flexibility index (Phi) is 3.46. The molecule has 0 amide bonds. The lowest BCUT2D eigenvalue weighted by molar-refractivity contribution is -0.383. The molecule has 0 spiro atoms. The number of aromatic nitrogens is 2. The van der Waals surface area contributed by atoms with Crippen molar-refractivity contribution in [2.75, 3.05) is 14.1 Å². The first-order valence-electron chi connectivity index (χ1n) is 5.49. The Labute approximate surface area is 114 Å². The summed E-state index contributed by atoms with van der Waals surface area (Å²) in [5.74, 6) is -0.178. The van der Waals surface area contributed by atoms with E-state index < -0.39 is 21.7 Å². The summed E-state index contributed by atoms with van der Waals surface area (Å²) < 4.78 is 26.1. The molecule has 1 aromatic carbocycles. The summed E-state index contributed by atoms with van der Waals surface area (Å²) in [6.45, 7) is -0.654. The van der Waals surface area contributed by atoms with E-state index in [-0.39, 0.29) is 22.5 Å². The topological polar surface area (TPSA) is 119 Å². The number of nitro groups is 1. The molecule has 0 aliphatic carbocycles. The summed E-state index contributed by atoms with van der Waals surface area (Å²) in [6, 6.07) is 4.04. The van der Waals surface area contributed by atoms with Crippen molar-refractivity contribution in [1.29, 1.82) is 0 Å². The Morgan fingerprint density at radius 1 is 1.45 bits per heavy atom. The van der Waals surface area contributed by atoms with Gasteiger partial charge in [0.1, 0.15) is 6.61 Å². The maximum Gasteiger partial charge on any atom is 0.309 e. The van der Waals surface area contributed by atoms with Gasteiger partial charge >= 0.3 is 10.2 Å². The van der Waals surface area contributed by atoms with Gasteiger partial charge in [-0.05, 0) is 6.07 Å². The number of nitro benzene ring substituents is 1. The molecule has 0 bridgehead atoms. The second kappa shape index (κ2) is 4.81. The molecular weight excluding hydrogens is 288 g/mol. The second-order valence-electron chi connectivity index (χ2n) is 4.14. The number of non-ortho nitro benzene ring substituents is 1. The number of para-hydroxylation sites is 1. The summed E-state index contributed by atoms with van der Waals surface area (Å²) in [5, 5.41) is 20.3. The number of benzene rings is 1. The highest BCUT2D eigenvalue weighted by molar-refractivity contribution is 7.87. The molecule has 1 N–H and O–H groups in total. The fourth-order valence-corrected chi connectivity index (χ4v) is 2.90. The van der Waals surface area contributed by atoms with Gasteiger partial charge in [0, 0.05) is 20.2 Å². The van der Waals surface area contributed by atoms with Crippen LogP contribution in [0.4, 0.5) is 5.69 Å². The molecule has 0 unspecified atom stereocenters. The molecule has 0 aliphatic heterocycles. The van der Waals surface area contributed by atoms with Crippen LogP contribution in [0.1, 0.15) is 5.82 Å². The van der Waals surface area contributed by atoms with Crippen LogP contribution in [0.3, 0.4) is 0 Å². The molecule has 0 atom stereocenters. The Morgan fingerprint density at radius 3 is 2.60 bits per heavy atom. The fourth-order valence-electron chi connectivity index (χ4n) is 1.79. The predicted molar refractivity (Wildman–Crippen MR) is 70.3 cm³/mol. The van der Waals surface area contributed by atoms with Crippen molar-refractivity contribution >= 4 is 26.9 Å². The van der Waals surface area contributed by atoms with Crippen LogP contribution in [-0.4, -0.2) is 45.8 Å². The van der Waals surface area contributed by atoms with Crippen molar-refractivity contribution in [1.82, 2.24) is 13.3 Å². The van der Waals surface area contributed by atoms with E-state index in [1.165, 1.54) is 32.3 Å². The molecule has 2 aromatic rings. The normalized spacial score (nSPS) is 12.2. The molecule has 0 radical (unpaired) electrons. The van der Waals surface area contributed by atoms with Crippen LogP contribution < -0.4 is 0 Å². The minimum Gasteiger partial charge on any atom is -0.388 e. The van der Waals surface area contributed by atoms with Gasteiger partial charge in [-0.2, -0.15) is 12.7 Å². The summed E-state index contributed by atoms with van der Waals surface area (Å²) in [5.41, 5.74) is -0.413. The van der Waals surface area contributed by atoms with Gasteiger partial charge in [0.2, 0.25) is 0 Å². The Bertz CT molecular complexity index is 780. The molecular formula is C10H12N4O5S. The van der Waals surface area contributed by atoms with Crippen LogP contribution >= 0.6 is 0 Å². The average molecular weight is 300 g/mol. The number of fused-ring (bicyclic) bond motifs is 1. The first kappa shape index (κ1) is 14.4. The lowest BCUT2D eigenvalue weighted by Crippen LogP contribution is -2.30. The van der Waals surface area contributed by atoms with Gasteiger partial charge in [-0.15, -0.1) is 0 Å². The molecule has 0 saturated heterocycles. The molecule has 1 heterocycles. The third-order valence-corrected chi connectivity index (χ3v) is 4.49. The zero-order chi connectivity index (χ0) is 15.1. The van der Waals surface area contributed by atoms with Gasteiger partial charge in [-0.1, -0.05) is 6.07 Å². The van der Waals surface area contributed by atoms with Crippen molar-refractivity contribution < 1.29 is 18.4 Å². The van der Waals surface area contributed by atoms with Crippen molar-refractivity contribution in [3.63, 3.8) is 0 Å². The van der Waals surface area contributed by atoms with Crippen LogP contribution in [0.25, 0.3) is 11.0 Å². The van der Waals surface area contributed by atoms with Crippen LogP contribution in [0.2, 0.25) is 0 Å². The standard InChI is InChI=1S/C10H12N4O5S/c1-12(2)20(18,19)13-9(6-15)11-7-4-3-5-8(10(7)13)14(16)17/h3-5,15H,6H2,1-2H3. The lowest BCUT2D eigenvalue weighted by Gasteiger charge is -2.14. The number of hydrogen-bond donors (Lipinski definition) is 1. The number of rotatable bonds is 4. The van der Waals surface area contributed by atoms with Gasteiger partial charge in [-0.3, -0.25) is 10.1 Å². The lowest BCUT2D eigenvalue weighted by atomic mass is 10.3. The van der Waals surface area contributed by atoms with Crippen molar-refractivity contribution in [3.05, 3.63) is 34.1 Å². The van der Waals surface area contributed by atoms with Crippen molar-refractivity contribution in [2.45, 2.75) is 6.61 Å². The van der Waals surface area contributed by atoms with E-state index in [1.807, 2.05) is 0 Å². The molecule has 10 heteroatoms. The van der Waals surface area contributed by atoms with Gasteiger partial charge in [0.15, 0.2) is 11.3 Å². The Morgan fingerprint density at radius 2 is 2.10 bits per heavy atom. The van der Waals surface area contributed by atoms with E-state index in [0.717, 1.165) is 4.31 Å². The summed E-state index contributed by atoms with van der Waals surface area (Å²) in [4.78, 5) is 14.3. The largest absolute Gasteiger partial charge is 0.388 e. The monoisotopic (exact) mass is 300 g/mol.